The van der Waals surface area contributed by atoms with Gasteiger partial charge in [-0.1, -0.05) is 29.3 Å². The molecule has 3 aromatic rings. The number of nitrogens with zero attached hydrogens (tertiary/aromatic N) is 3. The van der Waals surface area contributed by atoms with Crippen molar-refractivity contribution in [3.8, 4) is 5.75 Å². The SMILES string of the molecule is CCOC(=O)CN1[C@H](C)CN(c2c(F)cc3c(=O)c(C(=O)NCc4ccc(OC(F)(CF)C(F)(CF)CF)cc4Cl)cn(C4CC4)c3c2Cl)C[C@@H]1C. The molecule has 1 aliphatic heterocycles. The van der Waals surface area contributed by atoms with Crippen molar-refractivity contribution < 1.29 is 45.4 Å². The van der Waals surface area contributed by atoms with E-state index in [0.29, 0.717) is 13.1 Å². The summed E-state index contributed by atoms with van der Waals surface area (Å²) in [6.07, 6.45) is 2.84. The Bertz CT molecular complexity index is 1880. The van der Waals surface area contributed by atoms with Gasteiger partial charge in [-0.05, 0) is 57.4 Å². The summed E-state index contributed by atoms with van der Waals surface area (Å²) in [6, 6.07) is 3.84. The van der Waals surface area contributed by atoms with Crippen molar-refractivity contribution in [2.24, 2.45) is 0 Å². The lowest BCUT2D eigenvalue weighted by Gasteiger charge is -2.45. The molecule has 0 spiro atoms. The summed E-state index contributed by atoms with van der Waals surface area (Å²) in [7, 11) is 0. The van der Waals surface area contributed by atoms with E-state index >= 15 is 4.39 Å². The predicted octanol–water partition coefficient (Wildman–Crippen LogP) is 6.84. The van der Waals surface area contributed by atoms with E-state index in [1.54, 1.807) is 16.4 Å². The monoisotopic (exact) mass is 778 g/mol. The first-order valence-electron chi connectivity index (χ1n) is 16.7. The molecule has 1 unspecified atom stereocenters. The molecule has 5 rings (SSSR count). The van der Waals surface area contributed by atoms with Gasteiger partial charge in [0.05, 0.1) is 34.8 Å². The molecule has 0 radical (unpaired) electrons. The normalized spacial score (nSPS) is 19.4. The topological polar surface area (TPSA) is 93.1 Å². The van der Waals surface area contributed by atoms with Gasteiger partial charge in [0.1, 0.15) is 30.5 Å². The van der Waals surface area contributed by atoms with Crippen LogP contribution in [0.3, 0.4) is 0 Å². The number of nitrogens with one attached hydrogen (secondary N) is 1. The van der Waals surface area contributed by atoms with E-state index in [4.69, 9.17) is 27.9 Å². The Labute approximate surface area is 305 Å². The van der Waals surface area contributed by atoms with E-state index in [9.17, 15) is 36.3 Å². The van der Waals surface area contributed by atoms with Gasteiger partial charge < -0.3 is 24.3 Å². The number of ether oxygens (including phenoxy) is 2. The first-order valence-corrected chi connectivity index (χ1v) is 17.4. The number of piperazine rings is 1. The van der Waals surface area contributed by atoms with Crippen LogP contribution in [0.15, 0.2) is 35.3 Å². The van der Waals surface area contributed by atoms with Gasteiger partial charge in [-0.15, -0.1) is 0 Å². The Morgan fingerprint density at radius 1 is 1.02 bits per heavy atom. The number of aromatic nitrogens is 1. The standard InChI is InChI=1S/C35H38Cl2F6N4O5/c1-4-51-28(48)15-46-19(2)12-45(13-20(46)3)31-27(41)10-24-30(29(31)37)47(22-6-7-22)14-25(32(24)49)33(50)44-11-21-5-8-23(9-26(21)36)52-35(43,18-40)34(42,16-38)17-39/h5,8-10,14,19-20,22H,4,6-7,11-13,15-18H2,1-3H3,(H,44,50)/t19-,20+,35?. The van der Waals surface area contributed by atoms with Crippen molar-refractivity contribution in [2.75, 3.05) is 51.2 Å². The largest absolute Gasteiger partial charge is 0.465 e. The first kappa shape index (κ1) is 39.5. The highest BCUT2D eigenvalue weighted by Gasteiger charge is 2.57. The molecular formula is C35H38Cl2F6N4O5. The highest BCUT2D eigenvalue weighted by Crippen LogP contribution is 2.43. The summed E-state index contributed by atoms with van der Waals surface area (Å²) in [5.41, 5.74) is -4.36. The number of amides is 1. The molecule has 1 saturated carbocycles. The summed E-state index contributed by atoms with van der Waals surface area (Å²) in [4.78, 5) is 43.1. The highest BCUT2D eigenvalue weighted by atomic mass is 35.5. The zero-order valence-electron chi connectivity index (χ0n) is 28.6. The van der Waals surface area contributed by atoms with Gasteiger partial charge in [-0.3, -0.25) is 19.3 Å². The van der Waals surface area contributed by atoms with Gasteiger partial charge in [-0.25, -0.2) is 22.0 Å². The fraction of sp³-hybridized carbons (Fsp3) is 0.514. The lowest BCUT2D eigenvalue weighted by Crippen LogP contribution is -2.58. The van der Waals surface area contributed by atoms with Crippen LogP contribution in [0.25, 0.3) is 10.9 Å². The maximum Gasteiger partial charge on any atom is 0.320 e. The minimum Gasteiger partial charge on any atom is -0.465 e. The molecule has 3 atom stereocenters. The van der Waals surface area contributed by atoms with Crippen LogP contribution >= 0.6 is 23.2 Å². The molecule has 1 amide bonds. The zero-order valence-corrected chi connectivity index (χ0v) is 30.1. The number of anilines is 1. The maximum atomic E-state index is 16.0. The molecule has 1 N–H and O–H groups in total. The number of pyridine rings is 1. The summed E-state index contributed by atoms with van der Waals surface area (Å²) in [6.45, 7) is -0.274. The third-order valence-electron chi connectivity index (χ3n) is 9.41. The molecule has 1 aromatic heterocycles. The first-order chi connectivity index (χ1) is 24.6. The Balaban J connectivity index is 1.39. The van der Waals surface area contributed by atoms with Crippen molar-refractivity contribution in [1.82, 2.24) is 14.8 Å². The third kappa shape index (κ3) is 7.67. The number of carbonyl (C=O) groups is 2. The van der Waals surface area contributed by atoms with Crippen LogP contribution in [0, 0.1) is 5.82 Å². The number of fused-ring (bicyclic) bond motifs is 1. The number of rotatable bonds is 14. The molecule has 2 aromatic carbocycles. The average Bonchev–Trinajstić information content (AvgIpc) is 3.95. The fourth-order valence-electron chi connectivity index (χ4n) is 6.40. The molecule has 1 saturated heterocycles. The number of esters is 1. The average molecular weight is 780 g/mol. The summed E-state index contributed by atoms with van der Waals surface area (Å²) >= 11 is 13.2. The van der Waals surface area contributed by atoms with Crippen LogP contribution in [-0.2, 0) is 16.1 Å². The second-order valence-corrected chi connectivity index (χ2v) is 13.9. The maximum absolute atomic E-state index is 16.0. The molecule has 1 aliphatic carbocycles. The second-order valence-electron chi connectivity index (χ2n) is 13.1. The fourth-order valence-corrected chi connectivity index (χ4v) is 7.04. The van der Waals surface area contributed by atoms with E-state index < -0.39 is 54.5 Å². The van der Waals surface area contributed by atoms with Crippen LogP contribution in [0.2, 0.25) is 10.0 Å². The summed E-state index contributed by atoms with van der Waals surface area (Å²) in [5.74, 6) is -6.45. The molecule has 0 bridgehead atoms. The number of hydrogen-bond acceptors (Lipinski definition) is 7. The van der Waals surface area contributed by atoms with E-state index in [1.807, 2.05) is 18.7 Å². The van der Waals surface area contributed by atoms with E-state index in [0.717, 1.165) is 31.0 Å². The third-order valence-corrected chi connectivity index (χ3v) is 10.1. The number of carbonyl (C=O) groups excluding carboxylic acids is 2. The number of alkyl halides is 5. The molecule has 2 fully saturated rings. The van der Waals surface area contributed by atoms with Gasteiger partial charge in [0.2, 0.25) is 11.1 Å². The van der Waals surface area contributed by atoms with Crippen molar-refractivity contribution in [3.63, 3.8) is 0 Å². The molecule has 17 heteroatoms. The van der Waals surface area contributed by atoms with Crippen molar-refractivity contribution in [3.05, 3.63) is 67.7 Å². The summed E-state index contributed by atoms with van der Waals surface area (Å²) < 4.78 is 96.1. The van der Waals surface area contributed by atoms with Gasteiger partial charge in [0, 0.05) is 49.0 Å². The van der Waals surface area contributed by atoms with E-state index in [1.165, 1.54) is 12.3 Å². The van der Waals surface area contributed by atoms with Crippen LogP contribution in [0.5, 0.6) is 5.75 Å². The van der Waals surface area contributed by atoms with Gasteiger partial charge in [-0.2, -0.15) is 4.39 Å². The number of halogens is 8. The Morgan fingerprint density at radius 2 is 1.67 bits per heavy atom. The van der Waals surface area contributed by atoms with Gasteiger partial charge in [0.25, 0.3) is 5.91 Å². The van der Waals surface area contributed by atoms with Crippen molar-refractivity contribution in [2.45, 2.75) is 69.8 Å². The molecule has 2 heterocycles. The number of hydrogen-bond donors (Lipinski definition) is 1. The van der Waals surface area contributed by atoms with E-state index in [2.05, 4.69) is 10.1 Å². The Kier molecular flexibility index (Phi) is 12.0. The molecule has 2 aliphatic rings. The molecule has 284 valence electrons. The minimum absolute atomic E-state index is 0.0198. The van der Waals surface area contributed by atoms with Crippen molar-refractivity contribution >= 4 is 51.7 Å². The second kappa shape index (κ2) is 15.7. The highest BCUT2D eigenvalue weighted by molar-refractivity contribution is 6.38. The predicted molar refractivity (Wildman–Crippen MR) is 185 cm³/mol. The zero-order chi connectivity index (χ0) is 38.1. The van der Waals surface area contributed by atoms with Crippen LogP contribution in [-0.4, -0.2) is 91.2 Å². The van der Waals surface area contributed by atoms with Crippen LogP contribution in [0.1, 0.15) is 55.6 Å². The molecule has 9 nitrogen and oxygen atoms in total. The Morgan fingerprint density at radius 3 is 2.23 bits per heavy atom. The van der Waals surface area contributed by atoms with Crippen LogP contribution in [0.4, 0.5) is 32.0 Å². The number of benzene rings is 2. The molecule has 52 heavy (non-hydrogen) atoms. The summed E-state index contributed by atoms with van der Waals surface area (Å²) in [5, 5.41) is 2.31. The van der Waals surface area contributed by atoms with Crippen molar-refractivity contribution in [1.29, 1.82) is 0 Å². The lowest BCUT2D eigenvalue weighted by atomic mass is 10.00. The van der Waals surface area contributed by atoms with Gasteiger partial charge >= 0.3 is 11.8 Å². The van der Waals surface area contributed by atoms with E-state index in [-0.39, 0.29) is 81.6 Å². The van der Waals surface area contributed by atoms with Crippen LogP contribution < -0.4 is 20.4 Å². The lowest BCUT2D eigenvalue weighted by molar-refractivity contribution is -0.197. The smallest absolute Gasteiger partial charge is 0.320 e. The quantitative estimate of drug-likeness (QED) is 0.142. The van der Waals surface area contributed by atoms with Gasteiger partial charge in [0.15, 0.2) is 6.67 Å². The minimum atomic E-state index is -3.98. The molecular weight excluding hydrogens is 741 g/mol. The Hall–Kier alpha value is -3.69.